The third kappa shape index (κ3) is 2.65. The highest BCUT2D eigenvalue weighted by Crippen LogP contribution is 2.27. The zero-order valence-corrected chi connectivity index (χ0v) is 12.9. The fraction of sp³-hybridized carbons (Fsp3) is 0.0625. The second-order valence-corrected chi connectivity index (χ2v) is 5.70. The van der Waals surface area contributed by atoms with Gasteiger partial charge in [0.2, 0.25) is 0 Å². The van der Waals surface area contributed by atoms with Crippen LogP contribution in [0.1, 0.15) is 5.56 Å². The van der Waals surface area contributed by atoms with E-state index < -0.39 is 0 Å². The molecule has 3 rings (SSSR count). The van der Waals surface area contributed by atoms with E-state index in [0.717, 1.165) is 31.6 Å². The lowest BCUT2D eigenvalue weighted by Gasteiger charge is -2.10. The molecule has 0 atom stereocenters. The van der Waals surface area contributed by atoms with Gasteiger partial charge in [0.05, 0.1) is 16.2 Å². The number of rotatable bonds is 3. The van der Waals surface area contributed by atoms with E-state index in [1.165, 1.54) is 0 Å². The van der Waals surface area contributed by atoms with Crippen molar-refractivity contribution in [3.05, 3.63) is 69.8 Å². The fourth-order valence-electron chi connectivity index (χ4n) is 2.13. The van der Waals surface area contributed by atoms with E-state index in [4.69, 9.17) is 11.6 Å². The minimum Gasteiger partial charge on any atom is -0.380 e. The van der Waals surface area contributed by atoms with Crippen LogP contribution in [0.4, 0.5) is 5.69 Å². The first-order valence-corrected chi connectivity index (χ1v) is 7.43. The Morgan fingerprint density at radius 1 is 1.05 bits per heavy atom. The first kappa shape index (κ1) is 13.4. The number of pyridine rings is 1. The zero-order chi connectivity index (χ0) is 13.9. The average Bonchev–Trinajstić information content (AvgIpc) is 2.48. The summed E-state index contributed by atoms with van der Waals surface area (Å²) in [6, 6.07) is 15.9. The molecule has 0 unspecified atom stereocenters. The lowest BCUT2D eigenvalue weighted by molar-refractivity contribution is 1.15. The van der Waals surface area contributed by atoms with Gasteiger partial charge in [0.1, 0.15) is 0 Å². The van der Waals surface area contributed by atoms with Gasteiger partial charge >= 0.3 is 0 Å². The van der Waals surface area contributed by atoms with Crippen molar-refractivity contribution >= 4 is 44.1 Å². The van der Waals surface area contributed by atoms with Crippen molar-refractivity contribution in [3.63, 3.8) is 0 Å². The number of benzene rings is 2. The molecule has 0 bridgehead atoms. The molecule has 2 nitrogen and oxygen atoms in total. The van der Waals surface area contributed by atoms with Gasteiger partial charge in [0, 0.05) is 22.6 Å². The van der Waals surface area contributed by atoms with Gasteiger partial charge in [-0.1, -0.05) is 51.8 Å². The molecule has 20 heavy (non-hydrogen) atoms. The number of hydrogen-bond donors (Lipinski definition) is 1. The Morgan fingerprint density at radius 3 is 2.75 bits per heavy atom. The summed E-state index contributed by atoms with van der Waals surface area (Å²) in [6.07, 6.45) is 1.81. The molecule has 4 heteroatoms. The summed E-state index contributed by atoms with van der Waals surface area (Å²) in [5.41, 5.74) is 3.08. The molecular formula is C16H12BrClN2. The van der Waals surface area contributed by atoms with Crippen molar-refractivity contribution in [2.75, 3.05) is 5.32 Å². The van der Waals surface area contributed by atoms with Crippen LogP contribution in [-0.4, -0.2) is 4.98 Å². The number of halogens is 2. The predicted octanol–water partition coefficient (Wildman–Crippen LogP) is 5.26. The van der Waals surface area contributed by atoms with Crippen molar-refractivity contribution < 1.29 is 0 Å². The average molecular weight is 348 g/mol. The van der Waals surface area contributed by atoms with Crippen molar-refractivity contribution in [1.29, 1.82) is 0 Å². The minimum absolute atomic E-state index is 0.685. The normalized spacial score (nSPS) is 10.7. The largest absolute Gasteiger partial charge is 0.380 e. The van der Waals surface area contributed by atoms with Crippen molar-refractivity contribution in [2.24, 2.45) is 0 Å². The van der Waals surface area contributed by atoms with Crippen LogP contribution in [0.15, 0.2) is 59.2 Å². The number of nitrogens with zero attached hydrogens (tertiary/aromatic N) is 1. The summed E-state index contributed by atoms with van der Waals surface area (Å²) in [4.78, 5) is 4.47. The smallest absolute Gasteiger partial charge is 0.0763 e. The maximum Gasteiger partial charge on any atom is 0.0763 e. The summed E-state index contributed by atoms with van der Waals surface area (Å²) >= 11 is 9.71. The lowest BCUT2D eigenvalue weighted by Crippen LogP contribution is -2.01. The second-order valence-electron chi connectivity index (χ2n) is 4.44. The van der Waals surface area contributed by atoms with Gasteiger partial charge in [-0.15, -0.1) is 0 Å². The quantitative estimate of drug-likeness (QED) is 0.699. The van der Waals surface area contributed by atoms with Crippen LogP contribution in [-0.2, 0) is 6.54 Å². The topological polar surface area (TPSA) is 24.9 Å². The van der Waals surface area contributed by atoms with E-state index in [9.17, 15) is 0 Å². The molecule has 1 heterocycles. The van der Waals surface area contributed by atoms with Crippen LogP contribution < -0.4 is 5.32 Å². The van der Waals surface area contributed by atoms with E-state index in [1.807, 2.05) is 42.6 Å². The Kier molecular flexibility index (Phi) is 3.90. The monoisotopic (exact) mass is 346 g/mol. The van der Waals surface area contributed by atoms with Crippen molar-refractivity contribution in [1.82, 2.24) is 4.98 Å². The van der Waals surface area contributed by atoms with Crippen LogP contribution >= 0.6 is 27.5 Å². The number of hydrogen-bond acceptors (Lipinski definition) is 2. The van der Waals surface area contributed by atoms with Crippen molar-refractivity contribution in [3.8, 4) is 0 Å². The third-order valence-electron chi connectivity index (χ3n) is 3.14. The molecule has 0 amide bonds. The molecule has 0 saturated heterocycles. The molecule has 0 aliphatic rings. The first-order valence-electron chi connectivity index (χ1n) is 6.26. The van der Waals surface area contributed by atoms with Gasteiger partial charge in [0.25, 0.3) is 0 Å². The molecule has 1 aromatic heterocycles. The standard InChI is InChI=1S/C16H12BrClN2/c17-13-8-7-11(16-12(13)4-3-9-19-16)10-20-15-6-2-1-5-14(15)18/h1-9,20H,10H2. The second kappa shape index (κ2) is 5.81. The van der Waals surface area contributed by atoms with Gasteiger partial charge < -0.3 is 5.32 Å². The Bertz CT molecular complexity index is 758. The fourth-order valence-corrected chi connectivity index (χ4v) is 2.79. The summed E-state index contributed by atoms with van der Waals surface area (Å²) in [6.45, 7) is 0.685. The number of fused-ring (bicyclic) bond motifs is 1. The van der Waals surface area contributed by atoms with Gasteiger partial charge in [-0.25, -0.2) is 0 Å². The Labute approximate surface area is 130 Å². The van der Waals surface area contributed by atoms with E-state index >= 15 is 0 Å². The van der Waals surface area contributed by atoms with E-state index in [2.05, 4.69) is 38.4 Å². The number of nitrogens with one attached hydrogen (secondary N) is 1. The maximum atomic E-state index is 6.15. The Morgan fingerprint density at radius 2 is 1.90 bits per heavy atom. The van der Waals surface area contributed by atoms with Gasteiger partial charge in [0.15, 0.2) is 0 Å². The number of anilines is 1. The molecule has 100 valence electrons. The summed E-state index contributed by atoms with van der Waals surface area (Å²) in [7, 11) is 0. The molecule has 3 aromatic rings. The Balaban J connectivity index is 1.92. The third-order valence-corrected chi connectivity index (χ3v) is 4.16. The molecule has 0 aliphatic heterocycles. The minimum atomic E-state index is 0.685. The molecular weight excluding hydrogens is 336 g/mol. The molecule has 0 aliphatic carbocycles. The van der Waals surface area contributed by atoms with Crippen LogP contribution in [0, 0.1) is 0 Å². The maximum absolute atomic E-state index is 6.15. The molecule has 0 spiro atoms. The molecule has 2 aromatic carbocycles. The highest BCUT2D eigenvalue weighted by molar-refractivity contribution is 9.10. The van der Waals surface area contributed by atoms with Crippen LogP contribution in [0.3, 0.4) is 0 Å². The zero-order valence-electron chi connectivity index (χ0n) is 10.6. The van der Waals surface area contributed by atoms with Gasteiger partial charge in [-0.05, 0) is 29.8 Å². The van der Waals surface area contributed by atoms with Crippen LogP contribution in [0.2, 0.25) is 5.02 Å². The first-order chi connectivity index (χ1) is 9.75. The Hall–Kier alpha value is -1.58. The van der Waals surface area contributed by atoms with Crippen LogP contribution in [0.5, 0.6) is 0 Å². The van der Waals surface area contributed by atoms with Gasteiger partial charge in [-0.2, -0.15) is 0 Å². The summed E-state index contributed by atoms with van der Waals surface area (Å²) < 4.78 is 1.06. The predicted molar refractivity (Wildman–Crippen MR) is 88.2 cm³/mol. The lowest BCUT2D eigenvalue weighted by atomic mass is 10.1. The van der Waals surface area contributed by atoms with E-state index in [1.54, 1.807) is 0 Å². The highest BCUT2D eigenvalue weighted by atomic mass is 79.9. The SMILES string of the molecule is Clc1ccccc1NCc1ccc(Br)c2cccnc12. The molecule has 0 fully saturated rings. The molecule has 1 N–H and O–H groups in total. The van der Waals surface area contributed by atoms with Gasteiger partial charge in [-0.3, -0.25) is 4.98 Å². The van der Waals surface area contributed by atoms with E-state index in [-0.39, 0.29) is 0 Å². The summed E-state index contributed by atoms with van der Waals surface area (Å²) in [5, 5.41) is 5.19. The number of para-hydroxylation sites is 1. The highest BCUT2D eigenvalue weighted by Gasteiger charge is 2.06. The molecule has 0 saturated carbocycles. The summed E-state index contributed by atoms with van der Waals surface area (Å²) in [5.74, 6) is 0. The van der Waals surface area contributed by atoms with Crippen LogP contribution in [0.25, 0.3) is 10.9 Å². The number of aromatic nitrogens is 1. The molecule has 0 radical (unpaired) electrons. The van der Waals surface area contributed by atoms with E-state index in [0.29, 0.717) is 6.54 Å². The van der Waals surface area contributed by atoms with Crippen molar-refractivity contribution in [2.45, 2.75) is 6.54 Å².